The van der Waals surface area contributed by atoms with Crippen LogP contribution in [-0.2, 0) is 0 Å². The van der Waals surface area contributed by atoms with Crippen LogP contribution in [0.4, 0.5) is 5.69 Å². The molecule has 0 fully saturated rings. The molecular weight excluding hydrogens is 220 g/mol. The average Bonchev–Trinajstić information content (AvgIpc) is 2.68. The maximum absolute atomic E-state index is 11.0. The summed E-state index contributed by atoms with van der Waals surface area (Å²) in [7, 11) is 1.98. The van der Waals surface area contributed by atoms with Crippen molar-refractivity contribution in [1.82, 2.24) is 4.98 Å². The second-order valence-corrected chi connectivity index (χ2v) is 4.05. The van der Waals surface area contributed by atoms with E-state index in [1.54, 1.807) is 0 Å². The van der Waals surface area contributed by atoms with E-state index in [1.807, 2.05) is 25.2 Å². The van der Waals surface area contributed by atoms with Gasteiger partial charge in [-0.25, -0.2) is 4.79 Å². The minimum atomic E-state index is -0.430. The predicted octanol–water partition coefficient (Wildman–Crippen LogP) is 1.33. The molecule has 0 saturated carbocycles. The molecule has 0 amide bonds. The fourth-order valence-electron chi connectivity index (χ4n) is 1.76. The van der Waals surface area contributed by atoms with Crippen molar-refractivity contribution < 1.29 is 9.52 Å². The Kier molecular flexibility index (Phi) is 3.49. The van der Waals surface area contributed by atoms with Crippen molar-refractivity contribution in [3.63, 3.8) is 0 Å². The van der Waals surface area contributed by atoms with Crippen LogP contribution in [0.3, 0.4) is 0 Å². The molecule has 0 saturated heterocycles. The van der Waals surface area contributed by atoms with Crippen molar-refractivity contribution in [2.75, 3.05) is 25.1 Å². The molecule has 0 radical (unpaired) electrons. The van der Waals surface area contributed by atoms with E-state index in [-0.39, 0.29) is 6.61 Å². The standard InChI is InChI=1S/C12H16N2O3/c1-14(6-2-3-7-15)9-4-5-10-11(8-9)17-12(16)13-10/h4-5,8,15H,2-3,6-7H2,1H3,(H,13,16). The minimum absolute atomic E-state index is 0.222. The zero-order valence-corrected chi connectivity index (χ0v) is 9.77. The van der Waals surface area contributed by atoms with Crippen LogP contribution in [0.25, 0.3) is 11.1 Å². The molecule has 2 aromatic rings. The first-order valence-corrected chi connectivity index (χ1v) is 5.65. The number of aliphatic hydroxyl groups excluding tert-OH is 1. The molecule has 0 unspecified atom stereocenters. The largest absolute Gasteiger partial charge is 0.417 e. The fraction of sp³-hybridized carbons (Fsp3) is 0.417. The first kappa shape index (κ1) is 11.7. The van der Waals surface area contributed by atoms with E-state index in [0.29, 0.717) is 11.1 Å². The van der Waals surface area contributed by atoms with Crippen LogP contribution in [0.15, 0.2) is 27.4 Å². The summed E-state index contributed by atoms with van der Waals surface area (Å²) in [5.74, 6) is -0.430. The summed E-state index contributed by atoms with van der Waals surface area (Å²) in [6.45, 7) is 1.08. The van der Waals surface area contributed by atoms with E-state index in [2.05, 4.69) is 9.88 Å². The van der Waals surface area contributed by atoms with Gasteiger partial charge in [0, 0.05) is 32.0 Å². The number of benzene rings is 1. The van der Waals surface area contributed by atoms with Crippen molar-refractivity contribution >= 4 is 16.8 Å². The second kappa shape index (κ2) is 5.05. The van der Waals surface area contributed by atoms with Gasteiger partial charge in [-0.3, -0.25) is 4.98 Å². The third kappa shape index (κ3) is 2.68. The van der Waals surface area contributed by atoms with Gasteiger partial charge in [0.05, 0.1) is 5.52 Å². The molecule has 0 aliphatic rings. The van der Waals surface area contributed by atoms with Gasteiger partial charge in [0.2, 0.25) is 0 Å². The Balaban J connectivity index is 2.14. The summed E-state index contributed by atoms with van der Waals surface area (Å²) in [6, 6.07) is 5.61. The van der Waals surface area contributed by atoms with Gasteiger partial charge in [0.15, 0.2) is 5.58 Å². The monoisotopic (exact) mass is 236 g/mol. The van der Waals surface area contributed by atoms with Crippen molar-refractivity contribution in [1.29, 1.82) is 0 Å². The summed E-state index contributed by atoms with van der Waals surface area (Å²) >= 11 is 0. The Labute approximate surface area is 98.7 Å². The molecule has 0 aliphatic heterocycles. The molecule has 1 aromatic heterocycles. The summed E-state index contributed by atoms with van der Waals surface area (Å²) in [4.78, 5) is 15.7. The highest BCUT2D eigenvalue weighted by Gasteiger charge is 2.05. The number of aromatic amines is 1. The van der Waals surface area contributed by atoms with E-state index in [4.69, 9.17) is 9.52 Å². The summed E-state index contributed by atoms with van der Waals surface area (Å²) in [6.07, 6.45) is 1.73. The van der Waals surface area contributed by atoms with Crippen LogP contribution >= 0.6 is 0 Å². The lowest BCUT2D eigenvalue weighted by atomic mass is 10.2. The number of hydrogen-bond acceptors (Lipinski definition) is 4. The first-order chi connectivity index (χ1) is 8.20. The number of unbranched alkanes of at least 4 members (excludes halogenated alkanes) is 1. The Bertz CT molecular complexity index is 544. The Morgan fingerprint density at radius 2 is 2.24 bits per heavy atom. The SMILES string of the molecule is CN(CCCCO)c1ccc2[nH]c(=O)oc2c1. The third-order valence-corrected chi connectivity index (χ3v) is 2.75. The molecule has 92 valence electrons. The molecule has 5 nitrogen and oxygen atoms in total. The normalized spacial score (nSPS) is 10.9. The van der Waals surface area contributed by atoms with Gasteiger partial charge in [-0.05, 0) is 25.0 Å². The number of anilines is 1. The Morgan fingerprint density at radius 1 is 1.41 bits per heavy atom. The molecule has 0 spiro atoms. The molecule has 2 rings (SSSR count). The maximum Gasteiger partial charge on any atom is 0.417 e. The van der Waals surface area contributed by atoms with Gasteiger partial charge in [-0.2, -0.15) is 0 Å². The highest BCUT2D eigenvalue weighted by Crippen LogP contribution is 2.19. The quantitative estimate of drug-likeness (QED) is 0.768. The average molecular weight is 236 g/mol. The predicted molar refractivity (Wildman–Crippen MR) is 66.4 cm³/mol. The highest BCUT2D eigenvalue weighted by molar-refractivity contribution is 5.76. The number of H-pyrrole nitrogens is 1. The van der Waals surface area contributed by atoms with Crippen LogP contribution in [0.5, 0.6) is 0 Å². The van der Waals surface area contributed by atoms with Crippen LogP contribution in [0.1, 0.15) is 12.8 Å². The van der Waals surface area contributed by atoms with Crippen molar-refractivity contribution in [3.05, 3.63) is 28.7 Å². The molecule has 0 bridgehead atoms. The first-order valence-electron chi connectivity index (χ1n) is 5.65. The number of oxazole rings is 1. The second-order valence-electron chi connectivity index (χ2n) is 4.05. The van der Waals surface area contributed by atoms with Gasteiger partial charge in [0.25, 0.3) is 0 Å². The zero-order valence-electron chi connectivity index (χ0n) is 9.77. The number of hydrogen-bond donors (Lipinski definition) is 2. The third-order valence-electron chi connectivity index (χ3n) is 2.75. The topological polar surface area (TPSA) is 69.5 Å². The summed E-state index contributed by atoms with van der Waals surface area (Å²) in [5.41, 5.74) is 2.28. The van der Waals surface area contributed by atoms with E-state index in [1.165, 1.54) is 0 Å². The molecule has 1 aromatic carbocycles. The van der Waals surface area contributed by atoms with Crippen LogP contribution in [0, 0.1) is 0 Å². The number of aromatic nitrogens is 1. The van der Waals surface area contributed by atoms with E-state index in [9.17, 15) is 4.79 Å². The lowest BCUT2D eigenvalue weighted by Crippen LogP contribution is -2.18. The van der Waals surface area contributed by atoms with Crippen molar-refractivity contribution in [2.24, 2.45) is 0 Å². The molecule has 1 heterocycles. The van der Waals surface area contributed by atoms with Crippen LogP contribution in [-0.4, -0.2) is 30.3 Å². The lowest BCUT2D eigenvalue weighted by molar-refractivity contribution is 0.285. The van der Waals surface area contributed by atoms with Gasteiger partial charge < -0.3 is 14.4 Å². The molecule has 0 aliphatic carbocycles. The van der Waals surface area contributed by atoms with Gasteiger partial charge in [-0.15, -0.1) is 0 Å². The zero-order chi connectivity index (χ0) is 12.3. The van der Waals surface area contributed by atoms with E-state index in [0.717, 1.165) is 25.1 Å². The van der Waals surface area contributed by atoms with E-state index >= 15 is 0 Å². The van der Waals surface area contributed by atoms with Gasteiger partial charge in [-0.1, -0.05) is 0 Å². The van der Waals surface area contributed by atoms with Gasteiger partial charge in [0.1, 0.15) is 0 Å². The van der Waals surface area contributed by atoms with Crippen LogP contribution in [0.2, 0.25) is 0 Å². The Hall–Kier alpha value is -1.75. The smallest absolute Gasteiger partial charge is 0.408 e. The molecule has 0 atom stereocenters. The Morgan fingerprint density at radius 3 is 3.00 bits per heavy atom. The number of nitrogens with zero attached hydrogens (tertiary/aromatic N) is 1. The summed E-state index contributed by atoms with van der Waals surface area (Å²) in [5, 5.41) is 8.72. The number of nitrogens with one attached hydrogen (secondary N) is 1. The van der Waals surface area contributed by atoms with Crippen LogP contribution < -0.4 is 10.7 Å². The maximum atomic E-state index is 11.0. The van der Waals surface area contributed by atoms with E-state index < -0.39 is 5.76 Å². The number of fused-ring (bicyclic) bond motifs is 1. The van der Waals surface area contributed by atoms with Crippen molar-refractivity contribution in [3.8, 4) is 0 Å². The van der Waals surface area contributed by atoms with Gasteiger partial charge >= 0.3 is 5.76 Å². The number of aliphatic hydroxyl groups is 1. The lowest BCUT2D eigenvalue weighted by Gasteiger charge is -2.18. The van der Waals surface area contributed by atoms with Crippen molar-refractivity contribution in [2.45, 2.75) is 12.8 Å². The summed E-state index contributed by atoms with van der Waals surface area (Å²) < 4.78 is 5.01. The number of rotatable bonds is 5. The molecule has 17 heavy (non-hydrogen) atoms. The minimum Gasteiger partial charge on any atom is -0.408 e. The molecule has 2 N–H and O–H groups in total. The highest BCUT2D eigenvalue weighted by atomic mass is 16.4. The molecule has 5 heteroatoms. The molecular formula is C12H16N2O3. The fourth-order valence-corrected chi connectivity index (χ4v) is 1.76.